The molecule has 1 aliphatic rings. The molecule has 0 bridgehead atoms. The second-order valence-electron chi connectivity index (χ2n) is 4.44. The number of aromatic nitrogens is 2. The summed E-state index contributed by atoms with van der Waals surface area (Å²) in [6.07, 6.45) is 2.08. The highest BCUT2D eigenvalue weighted by atomic mass is 16.5. The van der Waals surface area contributed by atoms with Crippen LogP contribution in [0.2, 0.25) is 0 Å². The molecule has 108 valence electrons. The number of fused-ring (bicyclic) bond motifs is 1. The Labute approximate surface area is 120 Å². The van der Waals surface area contributed by atoms with E-state index in [0.29, 0.717) is 17.4 Å². The largest absolute Gasteiger partial charge is 0.480 e. The number of para-hydroxylation sites is 2. The van der Waals surface area contributed by atoms with Gasteiger partial charge >= 0.3 is 5.97 Å². The van der Waals surface area contributed by atoms with Crippen molar-refractivity contribution in [3.63, 3.8) is 0 Å². The Hall–Kier alpha value is -2.83. The number of carbonyl (C=O) groups is 1. The molecule has 0 spiro atoms. The summed E-state index contributed by atoms with van der Waals surface area (Å²) in [5.74, 6) is 0.353. The van der Waals surface area contributed by atoms with Crippen LogP contribution in [0.15, 0.2) is 36.7 Å². The van der Waals surface area contributed by atoms with Crippen molar-refractivity contribution < 1.29 is 19.4 Å². The van der Waals surface area contributed by atoms with Crippen LogP contribution in [0.5, 0.6) is 11.6 Å². The van der Waals surface area contributed by atoms with E-state index in [4.69, 9.17) is 9.47 Å². The minimum atomic E-state index is -1.02. The number of hydrogen-bond acceptors (Lipinski definition) is 6. The summed E-state index contributed by atoms with van der Waals surface area (Å²) in [6, 6.07) is 7.21. The van der Waals surface area contributed by atoms with Crippen LogP contribution in [-0.4, -0.2) is 40.8 Å². The molecule has 0 fully saturated rings. The van der Waals surface area contributed by atoms with Crippen LogP contribution in [0.4, 0.5) is 11.5 Å². The van der Waals surface area contributed by atoms with E-state index in [1.807, 2.05) is 12.1 Å². The molecule has 2 aromatic rings. The molecular weight excluding hydrogens is 274 g/mol. The summed E-state index contributed by atoms with van der Waals surface area (Å²) < 4.78 is 10.5. The molecule has 0 amide bonds. The maximum atomic E-state index is 11.3. The van der Waals surface area contributed by atoms with Gasteiger partial charge in [0.2, 0.25) is 12.0 Å². The van der Waals surface area contributed by atoms with Gasteiger partial charge in [0.05, 0.1) is 31.7 Å². The fraction of sp³-hybridized carbons (Fsp3) is 0.214. The Kier molecular flexibility index (Phi) is 3.31. The molecule has 1 N–H and O–H groups in total. The molecule has 7 nitrogen and oxygen atoms in total. The van der Waals surface area contributed by atoms with Crippen molar-refractivity contribution in [2.45, 2.75) is 6.10 Å². The lowest BCUT2D eigenvalue weighted by atomic mass is 10.2. The van der Waals surface area contributed by atoms with Gasteiger partial charge in [0, 0.05) is 0 Å². The highest BCUT2D eigenvalue weighted by Gasteiger charge is 2.32. The lowest BCUT2D eigenvalue weighted by molar-refractivity contribution is -0.144. The third-order valence-electron chi connectivity index (χ3n) is 3.13. The maximum Gasteiger partial charge on any atom is 0.346 e. The fourth-order valence-electron chi connectivity index (χ4n) is 2.15. The number of carboxylic acid groups (broad SMARTS) is 1. The van der Waals surface area contributed by atoms with E-state index in [9.17, 15) is 9.90 Å². The lowest BCUT2D eigenvalue weighted by Crippen LogP contribution is -2.42. The Morgan fingerprint density at radius 1 is 1.43 bits per heavy atom. The molecule has 0 saturated heterocycles. The number of methoxy groups -OCH3 is 1. The van der Waals surface area contributed by atoms with Gasteiger partial charge in [0.25, 0.3) is 0 Å². The zero-order valence-corrected chi connectivity index (χ0v) is 11.3. The van der Waals surface area contributed by atoms with Crippen molar-refractivity contribution in [3.8, 4) is 11.6 Å². The van der Waals surface area contributed by atoms with E-state index in [-0.39, 0.29) is 6.54 Å². The van der Waals surface area contributed by atoms with E-state index in [0.717, 1.165) is 5.69 Å². The number of hydrogen-bond donors (Lipinski definition) is 1. The molecule has 2 heterocycles. The zero-order chi connectivity index (χ0) is 14.8. The summed E-state index contributed by atoms with van der Waals surface area (Å²) in [5.41, 5.74) is 0.748. The summed E-state index contributed by atoms with van der Waals surface area (Å²) >= 11 is 0. The van der Waals surface area contributed by atoms with Crippen LogP contribution in [0.3, 0.4) is 0 Å². The molecule has 3 rings (SSSR count). The Bertz CT molecular complexity index is 677. The number of benzene rings is 1. The second-order valence-corrected chi connectivity index (χ2v) is 4.44. The molecule has 0 saturated carbocycles. The average molecular weight is 287 g/mol. The van der Waals surface area contributed by atoms with Crippen molar-refractivity contribution in [1.29, 1.82) is 0 Å². The molecule has 1 aliphatic heterocycles. The van der Waals surface area contributed by atoms with Crippen LogP contribution >= 0.6 is 0 Å². The van der Waals surface area contributed by atoms with Gasteiger partial charge in [0.15, 0.2) is 5.82 Å². The van der Waals surface area contributed by atoms with Gasteiger partial charge < -0.3 is 19.5 Å². The Balaban J connectivity index is 2.05. The number of rotatable bonds is 3. The van der Waals surface area contributed by atoms with Crippen molar-refractivity contribution in [3.05, 3.63) is 36.7 Å². The number of carboxylic acids is 1. The summed E-state index contributed by atoms with van der Waals surface area (Å²) in [6.45, 7) is 0.147. The van der Waals surface area contributed by atoms with Gasteiger partial charge in [-0.1, -0.05) is 12.1 Å². The van der Waals surface area contributed by atoms with Gasteiger partial charge in [-0.25, -0.2) is 4.79 Å². The Morgan fingerprint density at radius 3 is 3.00 bits per heavy atom. The van der Waals surface area contributed by atoms with Gasteiger partial charge in [-0.2, -0.15) is 4.98 Å². The minimum Gasteiger partial charge on any atom is -0.480 e. The number of anilines is 2. The number of ether oxygens (including phenoxy) is 2. The first-order chi connectivity index (χ1) is 10.2. The van der Waals surface area contributed by atoms with Crippen LogP contribution in [-0.2, 0) is 4.79 Å². The molecular formula is C14H13N3O4. The lowest BCUT2D eigenvalue weighted by Gasteiger charge is -2.33. The van der Waals surface area contributed by atoms with Crippen molar-refractivity contribution in [2.24, 2.45) is 0 Å². The van der Waals surface area contributed by atoms with E-state index < -0.39 is 12.1 Å². The summed E-state index contributed by atoms with van der Waals surface area (Å²) in [7, 11) is 1.50. The topological polar surface area (TPSA) is 84.8 Å². The highest BCUT2D eigenvalue weighted by molar-refractivity contribution is 5.78. The monoisotopic (exact) mass is 287 g/mol. The minimum absolute atomic E-state index is 0.147. The number of nitrogens with zero attached hydrogens (tertiary/aromatic N) is 3. The highest BCUT2D eigenvalue weighted by Crippen LogP contribution is 2.37. The fourth-order valence-corrected chi connectivity index (χ4v) is 2.15. The Morgan fingerprint density at radius 2 is 2.24 bits per heavy atom. The predicted octanol–water partition coefficient (Wildman–Crippen LogP) is 1.47. The van der Waals surface area contributed by atoms with Crippen molar-refractivity contribution in [1.82, 2.24) is 9.97 Å². The zero-order valence-electron chi connectivity index (χ0n) is 11.3. The third-order valence-corrected chi connectivity index (χ3v) is 3.13. The predicted molar refractivity (Wildman–Crippen MR) is 74.1 cm³/mol. The first-order valence-electron chi connectivity index (χ1n) is 6.31. The van der Waals surface area contributed by atoms with Crippen LogP contribution < -0.4 is 14.4 Å². The van der Waals surface area contributed by atoms with E-state index in [1.54, 1.807) is 23.2 Å². The normalized spacial score (nSPS) is 16.8. The van der Waals surface area contributed by atoms with E-state index in [1.165, 1.54) is 13.3 Å². The molecule has 0 radical (unpaired) electrons. The summed E-state index contributed by atoms with van der Waals surface area (Å²) in [4.78, 5) is 21.4. The molecule has 7 heteroatoms. The number of aliphatic carboxylic acids is 1. The molecule has 0 aliphatic carbocycles. The third kappa shape index (κ3) is 2.45. The van der Waals surface area contributed by atoms with E-state index in [2.05, 4.69) is 9.97 Å². The van der Waals surface area contributed by atoms with Crippen LogP contribution in [0.25, 0.3) is 0 Å². The smallest absolute Gasteiger partial charge is 0.346 e. The molecule has 1 atom stereocenters. The standard InChI is InChI=1S/C14H13N3O4/c1-20-13-7-15-6-12(16-13)17-8-11(14(18)19)21-10-5-3-2-4-9(10)17/h2-7,11H,8H2,1H3,(H,18,19). The molecule has 1 aromatic carbocycles. The average Bonchev–Trinajstić information content (AvgIpc) is 2.53. The quantitative estimate of drug-likeness (QED) is 0.914. The van der Waals surface area contributed by atoms with E-state index >= 15 is 0 Å². The van der Waals surface area contributed by atoms with Crippen molar-refractivity contribution in [2.75, 3.05) is 18.6 Å². The maximum absolute atomic E-state index is 11.3. The van der Waals surface area contributed by atoms with Gasteiger partial charge in [0.1, 0.15) is 5.75 Å². The molecule has 21 heavy (non-hydrogen) atoms. The second kappa shape index (κ2) is 5.28. The first-order valence-corrected chi connectivity index (χ1v) is 6.31. The van der Waals surface area contributed by atoms with Gasteiger partial charge in [-0.05, 0) is 12.1 Å². The molecule has 1 aromatic heterocycles. The SMILES string of the molecule is COc1cncc(N2CC(C(=O)O)Oc3ccccc32)n1. The first kappa shape index (κ1) is 13.2. The van der Waals surface area contributed by atoms with Crippen LogP contribution in [0.1, 0.15) is 0 Å². The van der Waals surface area contributed by atoms with Crippen LogP contribution in [0, 0.1) is 0 Å². The molecule has 1 unspecified atom stereocenters. The summed E-state index contributed by atoms with van der Waals surface area (Å²) in [5, 5.41) is 9.22. The van der Waals surface area contributed by atoms with Crippen molar-refractivity contribution >= 4 is 17.5 Å². The van der Waals surface area contributed by atoms with Gasteiger partial charge in [-0.15, -0.1) is 0 Å². The van der Waals surface area contributed by atoms with Gasteiger partial charge in [-0.3, -0.25) is 4.98 Å².